The van der Waals surface area contributed by atoms with Crippen molar-refractivity contribution in [1.29, 1.82) is 0 Å². The Labute approximate surface area is 216 Å². The fourth-order valence-corrected chi connectivity index (χ4v) is 5.95. The summed E-state index contributed by atoms with van der Waals surface area (Å²) < 4.78 is 5.72. The molecule has 2 aromatic carbocycles. The molecule has 1 saturated heterocycles. The van der Waals surface area contributed by atoms with Gasteiger partial charge >= 0.3 is 12.1 Å². The first-order chi connectivity index (χ1) is 17.8. The second kappa shape index (κ2) is 9.88. The van der Waals surface area contributed by atoms with Crippen LogP contribution < -0.4 is 10.6 Å². The molecule has 5 amide bonds. The van der Waals surface area contributed by atoms with E-state index in [1.165, 1.54) is 7.05 Å². The van der Waals surface area contributed by atoms with Gasteiger partial charge in [0, 0.05) is 30.8 Å². The van der Waals surface area contributed by atoms with Gasteiger partial charge in [0.25, 0.3) is 5.91 Å². The zero-order chi connectivity index (χ0) is 26.2. The molecule has 9 heteroatoms. The summed E-state index contributed by atoms with van der Waals surface area (Å²) in [5.74, 6) is -0.760. The van der Waals surface area contributed by atoms with Gasteiger partial charge in [-0.3, -0.25) is 9.59 Å². The van der Waals surface area contributed by atoms with Gasteiger partial charge in [-0.15, -0.1) is 0 Å². The number of rotatable bonds is 6. The number of nitrogens with one attached hydrogen (secondary N) is 2. The van der Waals surface area contributed by atoms with Crippen molar-refractivity contribution in [1.82, 2.24) is 15.1 Å². The first-order valence-corrected chi connectivity index (χ1v) is 12.9. The standard InChI is InChI=1S/C28H32N4O5/c1-18(19-8-4-3-5-9-19)32(22-10-6-7-11-22)24(33)17-31-25(34)28(37-27(31)36)15-14-20-16-21(12-13-23(20)28)30-26(35)29-2/h3-5,8-9,12-13,16,18,22H,6-7,10-11,14-15,17H2,1-2H3,(H2,29,30,35)/t18?,28-/m1/s1. The number of imide groups is 1. The summed E-state index contributed by atoms with van der Waals surface area (Å²) in [6.45, 7) is 1.65. The zero-order valence-corrected chi connectivity index (χ0v) is 21.2. The van der Waals surface area contributed by atoms with E-state index in [0.29, 0.717) is 24.1 Å². The smallest absolute Gasteiger partial charge is 0.418 e. The van der Waals surface area contributed by atoms with Crippen LogP contribution in [0.2, 0.25) is 0 Å². The van der Waals surface area contributed by atoms with Crippen molar-refractivity contribution in [2.24, 2.45) is 0 Å². The van der Waals surface area contributed by atoms with Gasteiger partial charge in [0.2, 0.25) is 11.5 Å². The molecule has 2 N–H and O–H groups in total. The molecule has 0 aromatic heterocycles. The highest BCUT2D eigenvalue weighted by Crippen LogP contribution is 2.46. The Morgan fingerprint density at radius 1 is 1.14 bits per heavy atom. The first-order valence-electron chi connectivity index (χ1n) is 12.9. The summed E-state index contributed by atoms with van der Waals surface area (Å²) >= 11 is 0. The predicted molar refractivity (Wildman–Crippen MR) is 137 cm³/mol. The van der Waals surface area contributed by atoms with E-state index in [2.05, 4.69) is 10.6 Å². The molecule has 1 heterocycles. The third kappa shape index (κ3) is 4.43. The monoisotopic (exact) mass is 504 g/mol. The van der Waals surface area contributed by atoms with Crippen LogP contribution in [0.1, 0.15) is 61.8 Å². The van der Waals surface area contributed by atoms with Crippen LogP contribution in [0.25, 0.3) is 0 Å². The molecule has 5 rings (SSSR count). The maximum Gasteiger partial charge on any atom is 0.418 e. The molecular formula is C28H32N4O5. The molecule has 1 unspecified atom stereocenters. The van der Waals surface area contributed by atoms with E-state index < -0.39 is 17.6 Å². The van der Waals surface area contributed by atoms with Crippen LogP contribution >= 0.6 is 0 Å². The van der Waals surface area contributed by atoms with Gasteiger partial charge in [-0.25, -0.2) is 14.5 Å². The molecule has 1 saturated carbocycles. The number of amides is 5. The Bertz CT molecular complexity index is 1230. The van der Waals surface area contributed by atoms with E-state index in [1.807, 2.05) is 42.2 Å². The average Bonchev–Trinajstić information content (AvgIpc) is 3.61. The lowest BCUT2D eigenvalue weighted by Crippen LogP contribution is -2.48. The fourth-order valence-electron chi connectivity index (χ4n) is 5.95. The van der Waals surface area contributed by atoms with Gasteiger partial charge in [0.05, 0.1) is 6.04 Å². The topological polar surface area (TPSA) is 108 Å². The molecule has 2 atom stereocenters. The summed E-state index contributed by atoms with van der Waals surface area (Å²) in [6, 6.07) is 14.5. The third-order valence-corrected chi connectivity index (χ3v) is 7.84. The normalized spacial score (nSPS) is 21.6. The minimum absolute atomic E-state index is 0.0730. The highest BCUT2D eigenvalue weighted by molar-refractivity contribution is 6.06. The zero-order valence-electron chi connectivity index (χ0n) is 21.2. The van der Waals surface area contributed by atoms with Gasteiger partial charge < -0.3 is 20.3 Å². The Hall–Kier alpha value is -3.88. The largest absolute Gasteiger partial charge is 0.427 e. The number of ether oxygens (including phenoxy) is 1. The second-order valence-electron chi connectivity index (χ2n) is 9.99. The van der Waals surface area contributed by atoms with E-state index in [0.717, 1.165) is 41.7 Å². The number of aryl methyl sites for hydroxylation is 1. The van der Waals surface area contributed by atoms with E-state index in [-0.39, 0.29) is 30.6 Å². The van der Waals surface area contributed by atoms with Crippen molar-refractivity contribution in [2.75, 3.05) is 18.9 Å². The predicted octanol–water partition coefficient (Wildman–Crippen LogP) is 4.09. The van der Waals surface area contributed by atoms with Gasteiger partial charge in [0.15, 0.2) is 0 Å². The molecule has 37 heavy (non-hydrogen) atoms. The molecule has 1 aliphatic heterocycles. The van der Waals surface area contributed by atoms with Crippen LogP contribution in [-0.4, -0.2) is 53.4 Å². The summed E-state index contributed by atoms with van der Waals surface area (Å²) in [6.07, 6.45) is 3.94. The Balaban J connectivity index is 1.37. The lowest BCUT2D eigenvalue weighted by atomic mass is 9.94. The van der Waals surface area contributed by atoms with E-state index in [4.69, 9.17) is 4.74 Å². The summed E-state index contributed by atoms with van der Waals surface area (Å²) in [5, 5.41) is 5.21. The van der Waals surface area contributed by atoms with Crippen molar-refractivity contribution in [3.63, 3.8) is 0 Å². The van der Waals surface area contributed by atoms with Crippen molar-refractivity contribution in [3.8, 4) is 0 Å². The van der Waals surface area contributed by atoms with Gasteiger partial charge in [0.1, 0.15) is 6.54 Å². The minimum atomic E-state index is -1.43. The summed E-state index contributed by atoms with van der Waals surface area (Å²) in [7, 11) is 1.53. The lowest BCUT2D eigenvalue weighted by molar-refractivity contribution is -0.144. The van der Waals surface area contributed by atoms with Gasteiger partial charge in [-0.1, -0.05) is 49.2 Å². The van der Waals surface area contributed by atoms with Crippen molar-refractivity contribution in [2.45, 2.75) is 63.1 Å². The number of carbonyl (C=O) groups is 4. The highest BCUT2D eigenvalue weighted by atomic mass is 16.6. The Morgan fingerprint density at radius 2 is 1.86 bits per heavy atom. The van der Waals surface area contributed by atoms with Gasteiger partial charge in [-0.2, -0.15) is 0 Å². The number of urea groups is 1. The molecule has 2 aliphatic carbocycles. The van der Waals surface area contributed by atoms with E-state index in [1.54, 1.807) is 18.2 Å². The van der Waals surface area contributed by atoms with Crippen LogP contribution in [0.5, 0.6) is 0 Å². The molecular weight excluding hydrogens is 472 g/mol. The quantitative estimate of drug-likeness (QED) is 0.616. The number of nitrogens with zero attached hydrogens (tertiary/aromatic N) is 2. The van der Waals surface area contributed by atoms with Gasteiger partial charge in [-0.05, 0) is 49.4 Å². The number of hydrogen-bond donors (Lipinski definition) is 2. The van der Waals surface area contributed by atoms with E-state index >= 15 is 0 Å². The molecule has 9 nitrogen and oxygen atoms in total. The molecule has 194 valence electrons. The molecule has 2 fully saturated rings. The fraction of sp³-hybridized carbons (Fsp3) is 0.429. The number of fused-ring (bicyclic) bond motifs is 2. The molecule has 1 spiro atoms. The maximum atomic E-state index is 13.7. The number of anilines is 1. The average molecular weight is 505 g/mol. The second-order valence-corrected chi connectivity index (χ2v) is 9.99. The first kappa shape index (κ1) is 24.8. The minimum Gasteiger partial charge on any atom is -0.427 e. The van der Waals surface area contributed by atoms with E-state index in [9.17, 15) is 19.2 Å². The van der Waals surface area contributed by atoms with Crippen LogP contribution in [0.3, 0.4) is 0 Å². The maximum absolute atomic E-state index is 13.7. The number of carbonyl (C=O) groups excluding carboxylic acids is 4. The molecule has 0 radical (unpaired) electrons. The molecule has 2 aromatic rings. The number of benzene rings is 2. The highest BCUT2D eigenvalue weighted by Gasteiger charge is 2.58. The lowest BCUT2D eigenvalue weighted by Gasteiger charge is -2.35. The molecule has 0 bridgehead atoms. The van der Waals surface area contributed by atoms with Crippen molar-refractivity contribution in [3.05, 3.63) is 65.2 Å². The summed E-state index contributed by atoms with van der Waals surface area (Å²) in [5.41, 5.74) is 1.60. The summed E-state index contributed by atoms with van der Waals surface area (Å²) in [4.78, 5) is 54.8. The third-order valence-electron chi connectivity index (χ3n) is 7.84. The Kier molecular flexibility index (Phi) is 6.62. The SMILES string of the molecule is CNC(=O)Nc1ccc2c(c1)CC[C@@]21OC(=O)N(CC(=O)N(C2CCCC2)C(C)c2ccccc2)C1=O. The van der Waals surface area contributed by atoms with Crippen LogP contribution in [0.15, 0.2) is 48.5 Å². The molecule has 3 aliphatic rings. The number of hydrogen-bond acceptors (Lipinski definition) is 5. The Morgan fingerprint density at radius 3 is 2.57 bits per heavy atom. The van der Waals surface area contributed by atoms with Crippen LogP contribution in [0.4, 0.5) is 15.3 Å². The van der Waals surface area contributed by atoms with Crippen molar-refractivity contribution >= 4 is 29.6 Å². The van der Waals surface area contributed by atoms with Crippen LogP contribution in [0, 0.1) is 0 Å². The van der Waals surface area contributed by atoms with Crippen molar-refractivity contribution < 1.29 is 23.9 Å². The van der Waals surface area contributed by atoms with Crippen LogP contribution in [-0.2, 0) is 26.3 Å².